The molecule has 3 rings (SSSR count). The van der Waals surface area contributed by atoms with E-state index in [4.69, 9.17) is 0 Å². The van der Waals surface area contributed by atoms with Gasteiger partial charge < -0.3 is 5.32 Å². The fourth-order valence-electron chi connectivity index (χ4n) is 1.97. The number of hydrogen-bond donors (Lipinski definition) is 2. The summed E-state index contributed by atoms with van der Waals surface area (Å²) >= 11 is 1.59. The van der Waals surface area contributed by atoms with Crippen LogP contribution in [-0.2, 0) is 0 Å². The zero-order valence-electron chi connectivity index (χ0n) is 10.8. The molecule has 0 saturated heterocycles. The Bertz CT molecular complexity index is 665. The summed E-state index contributed by atoms with van der Waals surface area (Å²) < 4.78 is 0. The van der Waals surface area contributed by atoms with E-state index in [9.17, 15) is 0 Å². The van der Waals surface area contributed by atoms with E-state index in [2.05, 4.69) is 52.5 Å². The molecule has 0 unspecified atom stereocenters. The second-order valence-corrected chi connectivity index (χ2v) is 5.26. The average molecular weight is 270 g/mol. The Hall–Kier alpha value is -2.14. The van der Waals surface area contributed by atoms with Crippen molar-refractivity contribution in [3.8, 4) is 11.4 Å². The van der Waals surface area contributed by atoms with Gasteiger partial charge in [0.25, 0.3) is 0 Å². The highest BCUT2D eigenvalue weighted by atomic mass is 32.1. The Morgan fingerprint density at radius 2 is 1.95 bits per heavy atom. The predicted octanol–water partition coefficient (Wildman–Crippen LogP) is 3.89. The quantitative estimate of drug-likeness (QED) is 0.759. The molecule has 0 amide bonds. The van der Waals surface area contributed by atoms with Crippen molar-refractivity contribution in [1.29, 1.82) is 0 Å². The molecule has 96 valence electrons. The monoisotopic (exact) mass is 270 g/mol. The largest absolute Gasteiger partial charge is 0.331 e. The molecule has 0 aliphatic heterocycles. The van der Waals surface area contributed by atoms with Crippen molar-refractivity contribution in [2.45, 2.75) is 13.8 Å². The Morgan fingerprint density at radius 3 is 2.63 bits per heavy atom. The molecule has 1 aromatic carbocycles. The summed E-state index contributed by atoms with van der Waals surface area (Å²) in [5.74, 6) is 0. The SMILES string of the molecule is Cc1cccc(C)c1Nc1nc(-c2ccn[nH]2)cs1. The molecule has 4 nitrogen and oxygen atoms in total. The van der Waals surface area contributed by atoms with Crippen LogP contribution in [0, 0.1) is 13.8 Å². The number of aryl methyl sites for hydroxylation is 2. The van der Waals surface area contributed by atoms with Gasteiger partial charge in [-0.1, -0.05) is 18.2 Å². The first-order chi connectivity index (χ1) is 9.24. The number of benzene rings is 1. The molecule has 19 heavy (non-hydrogen) atoms. The number of nitrogens with one attached hydrogen (secondary N) is 2. The molecule has 0 radical (unpaired) electrons. The van der Waals surface area contributed by atoms with Gasteiger partial charge in [0.15, 0.2) is 5.13 Å². The van der Waals surface area contributed by atoms with Crippen molar-refractivity contribution in [1.82, 2.24) is 15.2 Å². The smallest absolute Gasteiger partial charge is 0.187 e. The molecule has 2 heterocycles. The molecular weight excluding hydrogens is 256 g/mol. The van der Waals surface area contributed by atoms with E-state index in [1.807, 2.05) is 11.4 Å². The Morgan fingerprint density at radius 1 is 1.16 bits per heavy atom. The van der Waals surface area contributed by atoms with Crippen LogP contribution in [0.3, 0.4) is 0 Å². The highest BCUT2D eigenvalue weighted by Gasteiger charge is 2.08. The number of hydrogen-bond acceptors (Lipinski definition) is 4. The van der Waals surface area contributed by atoms with E-state index in [0.717, 1.165) is 22.2 Å². The van der Waals surface area contributed by atoms with Crippen LogP contribution in [0.1, 0.15) is 11.1 Å². The zero-order chi connectivity index (χ0) is 13.2. The van der Waals surface area contributed by atoms with E-state index < -0.39 is 0 Å². The van der Waals surface area contributed by atoms with Gasteiger partial charge in [-0.05, 0) is 31.0 Å². The Labute approximate surface area is 115 Å². The zero-order valence-corrected chi connectivity index (χ0v) is 11.6. The van der Waals surface area contributed by atoms with Crippen LogP contribution >= 0.6 is 11.3 Å². The maximum Gasteiger partial charge on any atom is 0.187 e. The lowest BCUT2D eigenvalue weighted by Gasteiger charge is -2.09. The first kappa shape index (κ1) is 11.9. The van der Waals surface area contributed by atoms with Gasteiger partial charge >= 0.3 is 0 Å². The molecule has 2 aromatic heterocycles. The minimum absolute atomic E-state index is 0.891. The van der Waals surface area contributed by atoms with Gasteiger partial charge in [0.1, 0.15) is 5.69 Å². The van der Waals surface area contributed by atoms with E-state index in [0.29, 0.717) is 0 Å². The number of nitrogens with zero attached hydrogens (tertiary/aromatic N) is 2. The second kappa shape index (κ2) is 4.85. The topological polar surface area (TPSA) is 53.6 Å². The third-order valence-electron chi connectivity index (χ3n) is 2.99. The summed E-state index contributed by atoms with van der Waals surface area (Å²) in [6, 6.07) is 8.17. The summed E-state index contributed by atoms with van der Waals surface area (Å²) in [5, 5.41) is 13.2. The molecule has 0 saturated carbocycles. The van der Waals surface area contributed by atoms with Crippen molar-refractivity contribution >= 4 is 22.2 Å². The highest BCUT2D eigenvalue weighted by molar-refractivity contribution is 7.14. The van der Waals surface area contributed by atoms with Crippen LogP contribution in [0.4, 0.5) is 10.8 Å². The van der Waals surface area contributed by atoms with Crippen molar-refractivity contribution in [3.63, 3.8) is 0 Å². The fourth-order valence-corrected chi connectivity index (χ4v) is 2.69. The molecule has 0 atom stereocenters. The molecule has 0 bridgehead atoms. The molecule has 5 heteroatoms. The van der Waals surface area contributed by atoms with E-state index in [1.165, 1.54) is 11.1 Å². The fraction of sp³-hybridized carbons (Fsp3) is 0.143. The maximum atomic E-state index is 4.57. The van der Waals surface area contributed by atoms with Gasteiger partial charge in [-0.25, -0.2) is 4.98 Å². The summed E-state index contributed by atoms with van der Waals surface area (Å²) in [6.07, 6.45) is 1.73. The molecule has 0 aliphatic carbocycles. The van der Waals surface area contributed by atoms with Gasteiger partial charge in [0, 0.05) is 17.3 Å². The first-order valence-corrected chi connectivity index (χ1v) is 6.90. The maximum absolute atomic E-state index is 4.57. The standard InChI is InChI=1S/C14H14N4S/c1-9-4-3-5-10(2)13(9)17-14-16-12(8-19-14)11-6-7-15-18-11/h3-8H,1-2H3,(H,15,18)(H,16,17). The van der Waals surface area contributed by atoms with E-state index in [-0.39, 0.29) is 0 Å². The van der Waals surface area contributed by atoms with E-state index in [1.54, 1.807) is 17.5 Å². The summed E-state index contributed by atoms with van der Waals surface area (Å²) in [4.78, 5) is 4.57. The third kappa shape index (κ3) is 2.37. The number of para-hydroxylation sites is 1. The van der Waals surface area contributed by atoms with E-state index >= 15 is 0 Å². The van der Waals surface area contributed by atoms with Gasteiger partial charge in [-0.3, -0.25) is 5.10 Å². The van der Waals surface area contributed by atoms with Crippen LogP contribution in [0.5, 0.6) is 0 Å². The first-order valence-electron chi connectivity index (χ1n) is 6.02. The molecule has 0 aliphatic rings. The molecule has 2 N–H and O–H groups in total. The Kier molecular flexibility index (Phi) is 3.05. The number of aromatic nitrogens is 3. The third-order valence-corrected chi connectivity index (χ3v) is 3.75. The molecule has 0 fully saturated rings. The highest BCUT2D eigenvalue weighted by Crippen LogP contribution is 2.28. The van der Waals surface area contributed by atoms with Crippen molar-refractivity contribution in [2.24, 2.45) is 0 Å². The minimum Gasteiger partial charge on any atom is -0.331 e. The van der Waals surface area contributed by atoms with Crippen molar-refractivity contribution < 1.29 is 0 Å². The van der Waals surface area contributed by atoms with Gasteiger partial charge in [0.2, 0.25) is 0 Å². The lowest BCUT2D eigenvalue weighted by Crippen LogP contribution is -1.95. The van der Waals surface area contributed by atoms with Crippen LogP contribution in [0.25, 0.3) is 11.4 Å². The summed E-state index contributed by atoms with van der Waals surface area (Å²) in [7, 11) is 0. The van der Waals surface area contributed by atoms with Crippen LogP contribution in [-0.4, -0.2) is 15.2 Å². The molecule has 3 aromatic rings. The number of anilines is 2. The average Bonchev–Trinajstić information content (AvgIpc) is 3.04. The van der Waals surface area contributed by atoms with Gasteiger partial charge in [0.05, 0.1) is 5.69 Å². The number of rotatable bonds is 3. The summed E-state index contributed by atoms with van der Waals surface area (Å²) in [6.45, 7) is 4.19. The number of thiazole rings is 1. The minimum atomic E-state index is 0.891. The van der Waals surface area contributed by atoms with Gasteiger partial charge in [-0.15, -0.1) is 11.3 Å². The Balaban J connectivity index is 1.88. The second-order valence-electron chi connectivity index (χ2n) is 4.40. The summed E-state index contributed by atoms with van der Waals surface area (Å²) in [5.41, 5.74) is 5.42. The van der Waals surface area contributed by atoms with Crippen LogP contribution in [0.15, 0.2) is 35.8 Å². The molecular formula is C14H14N4S. The van der Waals surface area contributed by atoms with Crippen LogP contribution < -0.4 is 5.32 Å². The van der Waals surface area contributed by atoms with Crippen molar-refractivity contribution in [2.75, 3.05) is 5.32 Å². The van der Waals surface area contributed by atoms with Crippen LogP contribution in [0.2, 0.25) is 0 Å². The number of H-pyrrole nitrogens is 1. The lowest BCUT2D eigenvalue weighted by atomic mass is 10.1. The predicted molar refractivity (Wildman–Crippen MR) is 78.9 cm³/mol. The number of aromatic amines is 1. The lowest BCUT2D eigenvalue weighted by molar-refractivity contribution is 1.09. The normalized spacial score (nSPS) is 10.6. The molecule has 0 spiro atoms. The van der Waals surface area contributed by atoms with Gasteiger partial charge in [-0.2, -0.15) is 5.10 Å². The van der Waals surface area contributed by atoms with Crippen molar-refractivity contribution in [3.05, 3.63) is 47.0 Å².